The first-order valence-corrected chi connectivity index (χ1v) is 13.0. The van der Waals surface area contributed by atoms with Crippen molar-refractivity contribution in [3.63, 3.8) is 0 Å². The molecule has 5 atom stereocenters. The molecule has 0 radical (unpaired) electrons. The molecular weight excluding hydrogens is 451 g/mol. The Morgan fingerprint density at radius 3 is 2.61 bits per heavy atom. The van der Waals surface area contributed by atoms with Crippen LogP contribution in [0.5, 0.6) is 0 Å². The lowest BCUT2D eigenvalue weighted by Crippen LogP contribution is -2.78. The fourth-order valence-electron chi connectivity index (χ4n) is 6.45. The number of rotatable bonds is 8. The Bertz CT molecular complexity index is 732. The molecule has 4 N–H and O–H groups in total. The maximum Gasteiger partial charge on any atom is 0.246 e. The maximum absolute atomic E-state index is 13.7. The molecule has 6 aliphatic rings. The second-order valence-electron chi connectivity index (χ2n) is 10.9. The third-order valence-corrected chi connectivity index (χ3v) is 8.75. The lowest BCUT2D eigenvalue weighted by Gasteiger charge is -2.69. The van der Waals surface area contributed by atoms with Gasteiger partial charge in [0, 0.05) is 24.4 Å². The molecule has 0 aromatic carbocycles. The summed E-state index contributed by atoms with van der Waals surface area (Å²) in [4.78, 5) is 30.8. The minimum Gasteiger partial charge on any atom is -0.368 e. The summed E-state index contributed by atoms with van der Waals surface area (Å²) in [6.45, 7) is 0.392. The minimum atomic E-state index is -1.08. The van der Waals surface area contributed by atoms with Crippen LogP contribution in [0.4, 0.5) is 4.39 Å². The third-order valence-electron chi connectivity index (χ3n) is 8.26. The summed E-state index contributed by atoms with van der Waals surface area (Å²) >= 11 is 5.89. The van der Waals surface area contributed by atoms with Gasteiger partial charge in [0.25, 0.3) is 0 Å². The zero-order chi connectivity index (χ0) is 23.1. The zero-order valence-electron chi connectivity index (χ0n) is 19.0. The van der Waals surface area contributed by atoms with Crippen LogP contribution in [0.2, 0.25) is 0 Å². The van der Waals surface area contributed by atoms with Gasteiger partial charge >= 0.3 is 0 Å². The molecule has 1 heterocycles. The Balaban J connectivity index is 0.976. The molecule has 33 heavy (non-hydrogen) atoms. The van der Waals surface area contributed by atoms with Crippen LogP contribution in [-0.4, -0.2) is 60.6 Å². The van der Waals surface area contributed by atoms with E-state index in [0.717, 1.165) is 0 Å². The second kappa shape index (κ2) is 9.57. The highest BCUT2D eigenvalue weighted by atomic mass is 35.5. The number of carbonyl (C=O) groups excluding carboxylic acids is 2. The van der Waals surface area contributed by atoms with Gasteiger partial charge in [-0.3, -0.25) is 19.7 Å². The molecule has 8 nitrogen and oxygen atoms in total. The summed E-state index contributed by atoms with van der Waals surface area (Å²) in [6, 6.07) is 0. The molecule has 1 saturated heterocycles. The van der Waals surface area contributed by atoms with Gasteiger partial charge in [-0.2, -0.15) is 5.48 Å². The summed E-state index contributed by atoms with van der Waals surface area (Å²) in [7, 11) is 0. The molecule has 5 unspecified atom stereocenters. The van der Waals surface area contributed by atoms with E-state index >= 15 is 0 Å². The molecule has 0 spiro atoms. The monoisotopic (exact) mass is 486 g/mol. The van der Waals surface area contributed by atoms with Crippen molar-refractivity contribution >= 4 is 23.4 Å². The average molecular weight is 487 g/mol. The molecule has 0 aromatic rings. The number of alkyl halides is 2. The van der Waals surface area contributed by atoms with E-state index in [1.54, 1.807) is 0 Å². The van der Waals surface area contributed by atoms with Gasteiger partial charge in [0.2, 0.25) is 11.8 Å². The van der Waals surface area contributed by atoms with E-state index in [-0.39, 0.29) is 54.3 Å². The predicted octanol–water partition coefficient (Wildman–Crippen LogP) is 2.01. The molecule has 6 rings (SSSR count). The van der Waals surface area contributed by atoms with Gasteiger partial charge in [0.1, 0.15) is 25.2 Å². The molecule has 186 valence electrons. The minimum absolute atomic E-state index is 0.0172. The fourth-order valence-corrected chi connectivity index (χ4v) is 6.68. The van der Waals surface area contributed by atoms with Gasteiger partial charge in [-0.1, -0.05) is 19.3 Å². The van der Waals surface area contributed by atoms with Crippen LogP contribution in [-0.2, 0) is 19.2 Å². The number of halogens is 2. The van der Waals surface area contributed by atoms with Crippen molar-refractivity contribution < 1.29 is 23.6 Å². The molecule has 2 bridgehead atoms. The molecule has 5 saturated carbocycles. The van der Waals surface area contributed by atoms with Crippen LogP contribution in [0.1, 0.15) is 70.6 Å². The molecular formula is C23H36ClFN4O4. The Hall–Kier alpha value is -1.00. The van der Waals surface area contributed by atoms with Crippen molar-refractivity contribution in [3.05, 3.63) is 0 Å². The van der Waals surface area contributed by atoms with Gasteiger partial charge in [-0.05, 0) is 44.9 Å². The van der Waals surface area contributed by atoms with Crippen LogP contribution in [0.3, 0.4) is 0 Å². The Morgan fingerprint density at radius 2 is 1.88 bits per heavy atom. The van der Waals surface area contributed by atoms with E-state index in [1.807, 2.05) is 0 Å². The second-order valence-corrected chi connectivity index (χ2v) is 11.5. The van der Waals surface area contributed by atoms with E-state index < -0.39 is 11.5 Å². The lowest BCUT2D eigenvalue weighted by molar-refractivity contribution is -0.184. The van der Waals surface area contributed by atoms with E-state index in [9.17, 15) is 14.0 Å². The Morgan fingerprint density at radius 1 is 1.12 bits per heavy atom. The molecule has 5 aliphatic carbocycles. The highest BCUT2D eigenvalue weighted by molar-refractivity contribution is 6.21. The van der Waals surface area contributed by atoms with E-state index in [0.29, 0.717) is 44.6 Å². The summed E-state index contributed by atoms with van der Waals surface area (Å²) in [5, 5.41) is 9.07. The lowest BCUT2D eigenvalue weighted by atomic mass is 9.39. The van der Waals surface area contributed by atoms with Gasteiger partial charge < -0.3 is 15.4 Å². The first kappa shape index (κ1) is 23.7. The summed E-state index contributed by atoms with van der Waals surface area (Å²) < 4.78 is 19.3. The van der Waals surface area contributed by atoms with Crippen LogP contribution < -0.4 is 21.4 Å². The van der Waals surface area contributed by atoms with Crippen molar-refractivity contribution in [1.82, 2.24) is 21.4 Å². The highest BCUT2D eigenvalue weighted by Gasteiger charge is 2.72. The van der Waals surface area contributed by atoms with E-state index in [2.05, 4.69) is 21.4 Å². The van der Waals surface area contributed by atoms with Crippen molar-refractivity contribution in [2.24, 2.45) is 11.3 Å². The van der Waals surface area contributed by atoms with Crippen molar-refractivity contribution in [2.45, 2.75) is 106 Å². The van der Waals surface area contributed by atoms with Gasteiger partial charge in [-0.15, -0.1) is 11.6 Å². The predicted molar refractivity (Wildman–Crippen MR) is 120 cm³/mol. The van der Waals surface area contributed by atoms with E-state index in [1.165, 1.54) is 32.1 Å². The highest BCUT2D eigenvalue weighted by Crippen LogP contribution is 2.67. The topological polar surface area (TPSA) is 101 Å². The summed E-state index contributed by atoms with van der Waals surface area (Å²) in [5.74, 6) is 0.384. The number of carbonyl (C=O) groups is 2. The third kappa shape index (κ3) is 5.03. The number of ether oxygens (including phenoxy) is 1. The SMILES string of the molecule is O=C(COC1CCC(Cl)C(F)C1)NC12CC(C(=O)NCC3NOC(C4CCCCC4)N3)(C1)C2. The van der Waals surface area contributed by atoms with Gasteiger partial charge in [-0.25, -0.2) is 4.39 Å². The first-order valence-electron chi connectivity index (χ1n) is 12.5. The van der Waals surface area contributed by atoms with E-state index in [4.69, 9.17) is 21.2 Å². The normalized spacial score (nSPS) is 42.8. The Labute approximate surface area is 199 Å². The molecule has 0 aromatic heterocycles. The molecule has 2 amide bonds. The summed E-state index contributed by atoms with van der Waals surface area (Å²) in [5.41, 5.74) is 2.36. The van der Waals surface area contributed by atoms with Crippen molar-refractivity contribution in [1.29, 1.82) is 0 Å². The van der Waals surface area contributed by atoms with Crippen LogP contribution in [0, 0.1) is 11.3 Å². The number of hydrogen-bond donors (Lipinski definition) is 4. The quantitative estimate of drug-likeness (QED) is 0.392. The fraction of sp³-hybridized carbons (Fsp3) is 0.913. The average Bonchev–Trinajstić information content (AvgIpc) is 3.24. The largest absolute Gasteiger partial charge is 0.368 e. The molecule has 10 heteroatoms. The van der Waals surface area contributed by atoms with Crippen molar-refractivity contribution in [3.8, 4) is 0 Å². The number of nitrogens with one attached hydrogen (secondary N) is 4. The zero-order valence-corrected chi connectivity index (χ0v) is 19.8. The standard InChI is InChI=1S/C23H36ClFN4O4/c24-16-7-6-15(8-17(16)25)32-10-19(30)28-23-11-22(12-23,13-23)21(31)26-9-18-27-20(33-29-18)14-4-2-1-3-5-14/h14-18,20,27,29H,1-13H2,(H,26,31)(H,28,30). The van der Waals surface area contributed by atoms with Crippen LogP contribution in [0.15, 0.2) is 0 Å². The van der Waals surface area contributed by atoms with Crippen LogP contribution >= 0.6 is 11.6 Å². The smallest absolute Gasteiger partial charge is 0.246 e. The summed E-state index contributed by atoms with van der Waals surface area (Å²) in [6.07, 6.45) is 8.25. The molecule has 6 fully saturated rings. The number of hydroxylamine groups is 1. The Kier molecular flexibility index (Phi) is 6.88. The van der Waals surface area contributed by atoms with Crippen molar-refractivity contribution in [2.75, 3.05) is 13.2 Å². The van der Waals surface area contributed by atoms with Crippen LogP contribution in [0.25, 0.3) is 0 Å². The molecule has 1 aliphatic heterocycles. The number of hydrogen-bond acceptors (Lipinski definition) is 6. The maximum atomic E-state index is 13.7. The number of amides is 2. The van der Waals surface area contributed by atoms with Gasteiger partial charge in [0.15, 0.2) is 0 Å². The first-order chi connectivity index (χ1) is 15.9. The van der Waals surface area contributed by atoms with Gasteiger partial charge in [0.05, 0.1) is 16.9 Å².